The first-order valence-corrected chi connectivity index (χ1v) is 9.65. The van der Waals surface area contributed by atoms with Crippen molar-refractivity contribution < 1.29 is 18.7 Å². The van der Waals surface area contributed by atoms with Crippen molar-refractivity contribution in [2.24, 2.45) is 5.10 Å². The summed E-state index contributed by atoms with van der Waals surface area (Å²) in [7, 11) is 1.44. The summed E-state index contributed by atoms with van der Waals surface area (Å²) in [5, 5.41) is 4.73. The molecule has 0 aliphatic carbocycles. The van der Waals surface area contributed by atoms with Crippen LogP contribution in [-0.4, -0.2) is 29.0 Å². The maximum absolute atomic E-state index is 13.1. The fourth-order valence-corrected chi connectivity index (χ4v) is 3.09. The molecule has 0 aliphatic rings. The molecule has 160 valence electrons. The molecule has 8 heteroatoms. The number of para-hydroxylation sites is 1. The summed E-state index contributed by atoms with van der Waals surface area (Å²) in [5.74, 6) is -0.153. The van der Waals surface area contributed by atoms with E-state index < -0.39 is 11.8 Å². The highest BCUT2D eigenvalue weighted by Gasteiger charge is 2.13. The van der Waals surface area contributed by atoms with Gasteiger partial charge in [-0.1, -0.05) is 12.1 Å². The molecule has 0 saturated heterocycles. The van der Waals surface area contributed by atoms with Crippen molar-refractivity contribution in [3.63, 3.8) is 0 Å². The predicted molar refractivity (Wildman–Crippen MR) is 118 cm³/mol. The number of hydrogen-bond acceptors (Lipinski definition) is 6. The molecule has 1 aromatic heterocycles. The summed E-state index contributed by atoms with van der Waals surface area (Å²) in [6, 6.07) is 16.9. The molecule has 0 saturated carbocycles. The number of halogens is 1. The van der Waals surface area contributed by atoms with E-state index in [1.807, 2.05) is 6.07 Å². The van der Waals surface area contributed by atoms with Crippen LogP contribution in [0.4, 0.5) is 4.39 Å². The van der Waals surface area contributed by atoms with E-state index in [1.54, 1.807) is 43.3 Å². The van der Waals surface area contributed by atoms with Crippen LogP contribution in [0, 0.1) is 12.7 Å². The second-order valence-electron chi connectivity index (χ2n) is 6.84. The number of aryl methyl sites for hydroxylation is 1. The van der Waals surface area contributed by atoms with E-state index in [0.717, 1.165) is 0 Å². The molecule has 3 aromatic carbocycles. The molecule has 0 bridgehead atoms. The van der Waals surface area contributed by atoms with Crippen molar-refractivity contribution >= 4 is 23.1 Å². The Labute approximate surface area is 182 Å². The van der Waals surface area contributed by atoms with Gasteiger partial charge < -0.3 is 9.47 Å². The normalized spacial score (nSPS) is 11.1. The van der Waals surface area contributed by atoms with E-state index in [-0.39, 0.29) is 16.9 Å². The first-order chi connectivity index (χ1) is 15.5. The SMILES string of the molecule is COc1cc(C=Nn2c(C)nc3ccccc3c2=O)ccc1OC(=O)c1ccc(F)cc1. The molecule has 0 amide bonds. The molecule has 0 N–H and O–H groups in total. The topological polar surface area (TPSA) is 82.8 Å². The molecule has 0 atom stereocenters. The predicted octanol–water partition coefficient (Wildman–Crippen LogP) is 3.95. The van der Waals surface area contributed by atoms with Gasteiger partial charge in [0.25, 0.3) is 5.56 Å². The molecule has 32 heavy (non-hydrogen) atoms. The van der Waals surface area contributed by atoms with E-state index in [2.05, 4.69) is 10.1 Å². The first-order valence-electron chi connectivity index (χ1n) is 9.65. The van der Waals surface area contributed by atoms with Gasteiger partial charge >= 0.3 is 5.97 Å². The lowest BCUT2D eigenvalue weighted by molar-refractivity contribution is 0.0729. The van der Waals surface area contributed by atoms with Crippen molar-refractivity contribution in [3.05, 3.63) is 99.9 Å². The highest BCUT2D eigenvalue weighted by molar-refractivity contribution is 5.91. The smallest absolute Gasteiger partial charge is 0.343 e. The Kier molecular flexibility index (Phi) is 5.76. The lowest BCUT2D eigenvalue weighted by Gasteiger charge is -2.10. The number of carbonyl (C=O) groups is 1. The van der Waals surface area contributed by atoms with Gasteiger partial charge in [-0.3, -0.25) is 4.79 Å². The zero-order chi connectivity index (χ0) is 22.7. The van der Waals surface area contributed by atoms with Gasteiger partial charge in [0.05, 0.1) is 29.8 Å². The van der Waals surface area contributed by atoms with E-state index in [4.69, 9.17) is 9.47 Å². The fourth-order valence-electron chi connectivity index (χ4n) is 3.09. The summed E-state index contributed by atoms with van der Waals surface area (Å²) in [6.45, 7) is 1.70. The van der Waals surface area contributed by atoms with Crippen molar-refractivity contribution in [2.75, 3.05) is 7.11 Å². The molecule has 4 aromatic rings. The maximum atomic E-state index is 13.1. The van der Waals surface area contributed by atoms with E-state index in [0.29, 0.717) is 28.0 Å². The second kappa shape index (κ2) is 8.81. The molecular weight excluding hydrogens is 413 g/mol. The van der Waals surface area contributed by atoms with Gasteiger partial charge in [0.15, 0.2) is 11.5 Å². The lowest BCUT2D eigenvalue weighted by Crippen LogP contribution is -2.20. The number of aromatic nitrogens is 2. The van der Waals surface area contributed by atoms with Crippen LogP contribution in [0.25, 0.3) is 10.9 Å². The van der Waals surface area contributed by atoms with Gasteiger partial charge in [0.2, 0.25) is 0 Å². The minimum atomic E-state index is -0.644. The van der Waals surface area contributed by atoms with Gasteiger partial charge in [0.1, 0.15) is 11.6 Å². The van der Waals surface area contributed by atoms with Crippen LogP contribution in [0.3, 0.4) is 0 Å². The van der Waals surface area contributed by atoms with Gasteiger partial charge in [-0.25, -0.2) is 14.2 Å². The average molecular weight is 431 g/mol. The Hall–Kier alpha value is -4.33. The van der Waals surface area contributed by atoms with Crippen LogP contribution in [0.15, 0.2) is 76.6 Å². The highest BCUT2D eigenvalue weighted by Crippen LogP contribution is 2.28. The van der Waals surface area contributed by atoms with Crippen LogP contribution in [-0.2, 0) is 0 Å². The Morgan fingerprint density at radius 2 is 1.81 bits per heavy atom. The monoisotopic (exact) mass is 431 g/mol. The number of methoxy groups -OCH3 is 1. The highest BCUT2D eigenvalue weighted by atomic mass is 19.1. The van der Waals surface area contributed by atoms with Gasteiger partial charge in [0, 0.05) is 0 Å². The minimum Gasteiger partial charge on any atom is -0.493 e. The quantitative estimate of drug-likeness (QED) is 0.271. The molecule has 0 aliphatic heterocycles. The number of fused-ring (bicyclic) bond motifs is 1. The number of carbonyl (C=O) groups excluding carboxylic acids is 1. The van der Waals surface area contributed by atoms with Crippen molar-refractivity contribution in [1.82, 2.24) is 9.66 Å². The Morgan fingerprint density at radius 1 is 1.06 bits per heavy atom. The largest absolute Gasteiger partial charge is 0.493 e. The number of hydrogen-bond donors (Lipinski definition) is 0. The van der Waals surface area contributed by atoms with Crippen molar-refractivity contribution in [1.29, 1.82) is 0 Å². The number of nitrogens with zero attached hydrogens (tertiary/aromatic N) is 3. The third-order valence-electron chi connectivity index (χ3n) is 4.71. The van der Waals surface area contributed by atoms with Crippen LogP contribution in [0.1, 0.15) is 21.7 Å². The first kappa shape index (κ1) is 20.9. The van der Waals surface area contributed by atoms with Crippen LogP contribution in [0.2, 0.25) is 0 Å². The second-order valence-corrected chi connectivity index (χ2v) is 6.84. The fraction of sp³-hybridized carbons (Fsp3) is 0.0833. The zero-order valence-electron chi connectivity index (χ0n) is 17.3. The Morgan fingerprint density at radius 3 is 2.56 bits per heavy atom. The summed E-state index contributed by atoms with van der Waals surface area (Å²) < 4.78 is 25.0. The standard InChI is InChI=1S/C24H18FN3O4/c1-15-27-20-6-4-3-5-19(20)23(29)28(15)26-14-16-7-12-21(22(13-16)31-2)32-24(30)17-8-10-18(25)11-9-17/h3-14H,1-2H3. The van der Waals surface area contributed by atoms with Gasteiger partial charge in [-0.15, -0.1) is 0 Å². The molecule has 0 fully saturated rings. The summed E-state index contributed by atoms with van der Waals surface area (Å²) in [4.78, 5) is 29.4. The maximum Gasteiger partial charge on any atom is 0.343 e. The summed E-state index contributed by atoms with van der Waals surface area (Å²) in [5.41, 5.74) is 1.15. The zero-order valence-corrected chi connectivity index (χ0v) is 17.3. The molecular formula is C24H18FN3O4. The number of benzene rings is 3. The summed E-state index contributed by atoms with van der Waals surface area (Å²) >= 11 is 0. The van der Waals surface area contributed by atoms with Gasteiger partial charge in [-0.2, -0.15) is 9.78 Å². The number of esters is 1. The Bertz CT molecular complexity index is 1400. The van der Waals surface area contributed by atoms with Crippen LogP contribution in [0.5, 0.6) is 11.5 Å². The third kappa shape index (κ3) is 4.24. The minimum absolute atomic E-state index is 0.194. The molecule has 0 spiro atoms. The van der Waals surface area contributed by atoms with E-state index in [1.165, 1.54) is 42.3 Å². The lowest BCUT2D eigenvalue weighted by atomic mass is 10.2. The number of ether oxygens (including phenoxy) is 2. The van der Waals surface area contributed by atoms with Crippen LogP contribution < -0.4 is 15.0 Å². The summed E-state index contributed by atoms with van der Waals surface area (Å²) in [6.07, 6.45) is 1.49. The molecule has 0 unspecified atom stereocenters. The Balaban J connectivity index is 1.60. The van der Waals surface area contributed by atoms with E-state index >= 15 is 0 Å². The van der Waals surface area contributed by atoms with Crippen molar-refractivity contribution in [3.8, 4) is 11.5 Å². The van der Waals surface area contributed by atoms with E-state index in [9.17, 15) is 14.0 Å². The molecule has 7 nitrogen and oxygen atoms in total. The molecule has 0 radical (unpaired) electrons. The molecule has 1 heterocycles. The average Bonchev–Trinajstić information content (AvgIpc) is 2.80. The van der Waals surface area contributed by atoms with Crippen LogP contribution >= 0.6 is 0 Å². The van der Waals surface area contributed by atoms with Crippen molar-refractivity contribution in [2.45, 2.75) is 6.92 Å². The molecule has 4 rings (SSSR count). The number of rotatable bonds is 5. The third-order valence-corrected chi connectivity index (χ3v) is 4.71. The van der Waals surface area contributed by atoms with Gasteiger partial charge in [-0.05, 0) is 67.1 Å².